The lowest BCUT2D eigenvalue weighted by Crippen LogP contribution is -2.15. The number of nitrogens with one attached hydrogen (secondary N) is 1. The second-order valence-corrected chi connectivity index (χ2v) is 8.46. The Kier molecular flexibility index (Phi) is 6.58. The number of carbonyl (C=O) groups is 2. The summed E-state index contributed by atoms with van der Waals surface area (Å²) in [7, 11) is -3.76. The fraction of sp³-hybridized carbons (Fsp3) is 0.294. The molecule has 3 N–H and O–H groups in total. The molecule has 27 heavy (non-hydrogen) atoms. The number of thiophene rings is 1. The average Bonchev–Trinajstić information content (AvgIpc) is 2.84. The van der Waals surface area contributed by atoms with E-state index in [-0.39, 0.29) is 24.0 Å². The van der Waals surface area contributed by atoms with Crippen molar-refractivity contribution in [2.45, 2.75) is 25.7 Å². The van der Waals surface area contributed by atoms with Crippen LogP contribution in [0.1, 0.15) is 27.7 Å². The maximum Gasteiger partial charge on any atom is 0.341 e. The van der Waals surface area contributed by atoms with Crippen LogP contribution in [0.5, 0.6) is 5.75 Å². The van der Waals surface area contributed by atoms with Crippen LogP contribution < -0.4 is 15.2 Å². The van der Waals surface area contributed by atoms with Crippen molar-refractivity contribution in [3.05, 3.63) is 40.3 Å². The molecule has 0 aliphatic carbocycles. The third-order valence-corrected chi connectivity index (χ3v) is 5.67. The summed E-state index contributed by atoms with van der Waals surface area (Å²) in [5.41, 5.74) is 1.10. The molecule has 8 nitrogen and oxygen atoms in total. The van der Waals surface area contributed by atoms with E-state index in [1.165, 1.54) is 42.5 Å². The van der Waals surface area contributed by atoms with E-state index < -0.39 is 16.0 Å². The van der Waals surface area contributed by atoms with E-state index in [1.807, 2.05) is 6.92 Å². The van der Waals surface area contributed by atoms with Crippen molar-refractivity contribution in [2.75, 3.05) is 18.5 Å². The van der Waals surface area contributed by atoms with Crippen molar-refractivity contribution in [1.29, 1.82) is 0 Å². The average molecular weight is 412 g/mol. The number of sulfonamides is 1. The van der Waals surface area contributed by atoms with Gasteiger partial charge >= 0.3 is 5.97 Å². The van der Waals surface area contributed by atoms with E-state index >= 15 is 0 Å². The highest BCUT2D eigenvalue weighted by molar-refractivity contribution is 7.89. The zero-order valence-corrected chi connectivity index (χ0v) is 16.7. The number of carbonyl (C=O) groups excluding carboxylic acids is 2. The summed E-state index contributed by atoms with van der Waals surface area (Å²) in [6.45, 7) is 5.09. The molecule has 1 aromatic heterocycles. The molecule has 0 radical (unpaired) electrons. The lowest BCUT2D eigenvalue weighted by Gasteiger charge is -2.09. The summed E-state index contributed by atoms with van der Waals surface area (Å²) in [6.07, 6.45) is 0. The Morgan fingerprint density at radius 1 is 1.15 bits per heavy atom. The molecule has 2 rings (SSSR count). The van der Waals surface area contributed by atoms with E-state index in [4.69, 9.17) is 14.6 Å². The largest absolute Gasteiger partial charge is 0.490 e. The van der Waals surface area contributed by atoms with E-state index in [0.717, 1.165) is 10.4 Å². The lowest BCUT2D eigenvalue weighted by molar-refractivity contribution is -0.114. The first-order valence-electron chi connectivity index (χ1n) is 7.90. The molecule has 0 spiro atoms. The molecule has 10 heteroatoms. The van der Waals surface area contributed by atoms with Gasteiger partial charge in [-0.05, 0) is 43.7 Å². The number of nitrogens with two attached hydrogens (primary N) is 1. The number of ether oxygens (including phenoxy) is 2. The Labute approximate surface area is 161 Å². The molecule has 0 atom stereocenters. The quantitative estimate of drug-likeness (QED) is 0.531. The Morgan fingerprint density at radius 3 is 2.33 bits per heavy atom. The molecule has 0 saturated carbocycles. The second kappa shape index (κ2) is 8.51. The minimum atomic E-state index is -3.76. The number of esters is 1. The molecule has 146 valence electrons. The Balaban J connectivity index is 1.92. The van der Waals surface area contributed by atoms with Gasteiger partial charge in [0.05, 0.1) is 10.5 Å². The van der Waals surface area contributed by atoms with Crippen LogP contribution in [0.15, 0.2) is 29.2 Å². The van der Waals surface area contributed by atoms with Crippen molar-refractivity contribution >= 4 is 38.2 Å². The Morgan fingerprint density at radius 2 is 1.78 bits per heavy atom. The van der Waals surface area contributed by atoms with Gasteiger partial charge in [0.2, 0.25) is 15.9 Å². The van der Waals surface area contributed by atoms with Gasteiger partial charge in [-0.15, -0.1) is 11.3 Å². The van der Waals surface area contributed by atoms with Crippen LogP contribution in [0, 0.1) is 13.8 Å². The fourth-order valence-corrected chi connectivity index (χ4v) is 3.82. The van der Waals surface area contributed by atoms with Crippen molar-refractivity contribution < 1.29 is 27.5 Å². The predicted octanol–water partition coefficient (Wildman–Crippen LogP) is 2.21. The van der Waals surface area contributed by atoms with E-state index in [9.17, 15) is 18.0 Å². The fourth-order valence-electron chi connectivity index (χ4n) is 2.21. The highest BCUT2D eigenvalue weighted by Gasteiger charge is 2.21. The highest BCUT2D eigenvalue weighted by atomic mass is 32.2. The molecule has 1 amide bonds. The van der Waals surface area contributed by atoms with Gasteiger partial charge in [-0.1, -0.05) is 0 Å². The monoisotopic (exact) mass is 412 g/mol. The molecule has 0 fully saturated rings. The SMILES string of the molecule is CC(=O)Nc1sc(C)c(C)c1C(=O)OCCOc1ccc(S(N)(=O)=O)cc1. The maximum atomic E-state index is 12.3. The molecule has 1 aromatic carbocycles. The van der Waals surface area contributed by atoms with E-state index in [2.05, 4.69) is 5.32 Å². The number of benzene rings is 1. The molecule has 0 aliphatic rings. The van der Waals surface area contributed by atoms with Crippen molar-refractivity contribution in [1.82, 2.24) is 0 Å². The van der Waals surface area contributed by atoms with Crippen molar-refractivity contribution in [3.63, 3.8) is 0 Å². The summed E-state index contributed by atoms with van der Waals surface area (Å²) < 4.78 is 33.0. The van der Waals surface area contributed by atoms with Crippen LogP contribution in [0.2, 0.25) is 0 Å². The zero-order chi connectivity index (χ0) is 20.2. The van der Waals surface area contributed by atoms with Crippen LogP contribution in [-0.4, -0.2) is 33.5 Å². The third-order valence-electron chi connectivity index (χ3n) is 3.62. The summed E-state index contributed by atoms with van der Waals surface area (Å²) in [4.78, 5) is 24.5. The normalized spacial score (nSPS) is 11.1. The first-order chi connectivity index (χ1) is 12.6. The second-order valence-electron chi connectivity index (χ2n) is 5.67. The number of amides is 1. The van der Waals surface area contributed by atoms with E-state index in [1.54, 1.807) is 6.92 Å². The third kappa shape index (κ3) is 5.52. The number of rotatable bonds is 7. The first-order valence-corrected chi connectivity index (χ1v) is 10.3. The van der Waals surface area contributed by atoms with Gasteiger partial charge in [-0.2, -0.15) is 0 Å². The molecule has 0 saturated heterocycles. The van der Waals surface area contributed by atoms with Crippen LogP contribution in [0.4, 0.5) is 5.00 Å². The van der Waals surface area contributed by atoms with Crippen molar-refractivity contribution in [2.24, 2.45) is 5.14 Å². The first kappa shape index (κ1) is 20.9. The van der Waals surface area contributed by atoms with Crippen LogP contribution in [0.3, 0.4) is 0 Å². The van der Waals surface area contributed by atoms with Gasteiger partial charge in [-0.25, -0.2) is 18.4 Å². The molecule has 0 aliphatic heterocycles. The maximum absolute atomic E-state index is 12.3. The summed E-state index contributed by atoms with van der Waals surface area (Å²) >= 11 is 1.31. The van der Waals surface area contributed by atoms with Gasteiger partial charge in [-0.3, -0.25) is 4.79 Å². The van der Waals surface area contributed by atoms with E-state index in [0.29, 0.717) is 16.3 Å². The zero-order valence-electron chi connectivity index (χ0n) is 15.1. The molecular weight excluding hydrogens is 392 g/mol. The minimum absolute atomic E-state index is 0.0103. The number of hydrogen-bond donors (Lipinski definition) is 2. The van der Waals surface area contributed by atoms with Crippen LogP contribution in [0.25, 0.3) is 0 Å². The topological polar surface area (TPSA) is 125 Å². The standard InChI is InChI=1S/C17H20N2O6S2/c1-10-11(2)26-16(19-12(3)20)15(10)17(21)25-9-8-24-13-4-6-14(7-5-13)27(18,22)23/h4-7H,8-9H2,1-3H3,(H,19,20)(H2,18,22,23). The molecule has 2 aromatic rings. The van der Waals surface area contributed by atoms with Crippen LogP contribution >= 0.6 is 11.3 Å². The Bertz CT molecular complexity index is 949. The number of anilines is 1. The van der Waals surface area contributed by atoms with Gasteiger partial charge < -0.3 is 14.8 Å². The van der Waals surface area contributed by atoms with Gasteiger partial charge in [0.15, 0.2) is 0 Å². The number of aryl methyl sites for hydroxylation is 1. The smallest absolute Gasteiger partial charge is 0.341 e. The molecule has 1 heterocycles. The summed E-state index contributed by atoms with van der Waals surface area (Å²) in [5.74, 6) is -0.398. The molecule has 0 unspecified atom stereocenters. The van der Waals surface area contributed by atoms with Gasteiger partial charge in [0.1, 0.15) is 24.0 Å². The van der Waals surface area contributed by atoms with Crippen LogP contribution in [-0.2, 0) is 19.6 Å². The highest BCUT2D eigenvalue weighted by Crippen LogP contribution is 2.32. The lowest BCUT2D eigenvalue weighted by atomic mass is 10.1. The molecular formula is C17H20N2O6S2. The number of hydrogen-bond acceptors (Lipinski definition) is 7. The molecule has 0 bridgehead atoms. The summed E-state index contributed by atoms with van der Waals surface area (Å²) in [5, 5.41) is 8.12. The number of primary sulfonamides is 1. The summed E-state index contributed by atoms with van der Waals surface area (Å²) in [6, 6.07) is 5.58. The Hall–Kier alpha value is -2.43. The van der Waals surface area contributed by atoms with Crippen molar-refractivity contribution in [3.8, 4) is 5.75 Å². The van der Waals surface area contributed by atoms with Gasteiger partial charge in [0, 0.05) is 11.8 Å². The van der Waals surface area contributed by atoms with Gasteiger partial charge in [0.25, 0.3) is 0 Å². The predicted molar refractivity (Wildman–Crippen MR) is 102 cm³/mol. The minimum Gasteiger partial charge on any atom is -0.490 e.